The third-order valence-electron chi connectivity index (χ3n) is 4.34. The summed E-state index contributed by atoms with van der Waals surface area (Å²) in [5.41, 5.74) is 0. The number of fused-ring (bicyclic) bond motifs is 2. The number of amides is 1. The van der Waals surface area contributed by atoms with Gasteiger partial charge in [0.1, 0.15) is 0 Å². The Morgan fingerprint density at radius 2 is 2.16 bits per heavy atom. The van der Waals surface area contributed by atoms with E-state index in [0.717, 1.165) is 19.3 Å². The number of carbonyl (C=O) groups excluding carboxylic acids is 1. The maximum Gasteiger partial charge on any atom is 0.305 e. The monoisotopic (exact) mass is 269 g/mol. The standard InChI is InChI=1S/C13H19NO5/c15-12(16)5-8-7-18-4-3-14(8)13(17)10-6-9-1-2-11(10)19-9/h8-11H,1-7H2,(H,15,16)/t8-,9-,10-,11-/m1/s1. The van der Waals surface area contributed by atoms with Crippen LogP contribution in [0.15, 0.2) is 0 Å². The average molecular weight is 269 g/mol. The molecule has 0 aromatic heterocycles. The van der Waals surface area contributed by atoms with Gasteiger partial charge in [0.15, 0.2) is 0 Å². The molecule has 0 saturated carbocycles. The fraction of sp³-hybridized carbons (Fsp3) is 0.846. The molecule has 3 saturated heterocycles. The maximum atomic E-state index is 12.6. The number of nitrogens with zero attached hydrogens (tertiary/aromatic N) is 1. The van der Waals surface area contributed by atoms with Gasteiger partial charge < -0.3 is 19.5 Å². The van der Waals surface area contributed by atoms with E-state index in [1.165, 1.54) is 0 Å². The summed E-state index contributed by atoms with van der Waals surface area (Å²) in [4.78, 5) is 25.1. The molecule has 1 amide bonds. The van der Waals surface area contributed by atoms with E-state index in [1.807, 2.05) is 0 Å². The zero-order chi connectivity index (χ0) is 13.4. The van der Waals surface area contributed by atoms with Gasteiger partial charge in [0.25, 0.3) is 0 Å². The molecule has 0 aromatic carbocycles. The van der Waals surface area contributed by atoms with Gasteiger partial charge in [0.2, 0.25) is 5.91 Å². The van der Waals surface area contributed by atoms with Gasteiger partial charge in [-0.1, -0.05) is 0 Å². The number of hydrogen-bond acceptors (Lipinski definition) is 4. The van der Waals surface area contributed by atoms with Crippen LogP contribution in [-0.2, 0) is 19.1 Å². The van der Waals surface area contributed by atoms with Crippen LogP contribution in [0.5, 0.6) is 0 Å². The first kappa shape index (κ1) is 12.9. The molecular formula is C13H19NO5. The van der Waals surface area contributed by atoms with E-state index in [2.05, 4.69) is 0 Å². The van der Waals surface area contributed by atoms with Gasteiger partial charge in [0, 0.05) is 6.54 Å². The van der Waals surface area contributed by atoms with Crippen molar-refractivity contribution in [3.63, 3.8) is 0 Å². The summed E-state index contributed by atoms with van der Waals surface area (Å²) in [6.07, 6.45) is 3.03. The fourth-order valence-electron chi connectivity index (χ4n) is 3.43. The second kappa shape index (κ2) is 5.09. The molecule has 106 valence electrons. The van der Waals surface area contributed by atoms with E-state index < -0.39 is 5.97 Å². The molecule has 6 heteroatoms. The summed E-state index contributed by atoms with van der Waals surface area (Å²) < 4.78 is 11.0. The molecule has 0 radical (unpaired) electrons. The Hall–Kier alpha value is -1.14. The highest BCUT2D eigenvalue weighted by molar-refractivity contribution is 5.81. The number of carboxylic acid groups (broad SMARTS) is 1. The summed E-state index contributed by atoms with van der Waals surface area (Å²) >= 11 is 0. The van der Waals surface area contributed by atoms with Gasteiger partial charge in [-0.25, -0.2) is 0 Å². The molecule has 1 N–H and O–H groups in total. The van der Waals surface area contributed by atoms with Gasteiger partial charge in [-0.05, 0) is 19.3 Å². The molecule has 0 spiro atoms. The van der Waals surface area contributed by atoms with Crippen molar-refractivity contribution >= 4 is 11.9 Å². The minimum Gasteiger partial charge on any atom is -0.481 e. The van der Waals surface area contributed by atoms with Crippen LogP contribution in [-0.4, -0.2) is 59.9 Å². The largest absolute Gasteiger partial charge is 0.481 e. The molecule has 0 aliphatic carbocycles. The smallest absolute Gasteiger partial charge is 0.305 e. The van der Waals surface area contributed by atoms with Crippen molar-refractivity contribution in [1.82, 2.24) is 4.90 Å². The molecule has 0 aromatic rings. The molecular weight excluding hydrogens is 250 g/mol. The lowest BCUT2D eigenvalue weighted by Crippen LogP contribution is -2.52. The molecule has 0 unspecified atom stereocenters. The number of carboxylic acids is 1. The minimum absolute atomic E-state index is 0.0471. The lowest BCUT2D eigenvalue weighted by atomic mass is 9.87. The Balaban J connectivity index is 1.68. The van der Waals surface area contributed by atoms with Crippen molar-refractivity contribution in [3.05, 3.63) is 0 Å². The molecule has 3 fully saturated rings. The molecule has 3 rings (SSSR count). The normalized spacial score (nSPS) is 37.6. The Kier molecular flexibility index (Phi) is 3.45. The third-order valence-corrected chi connectivity index (χ3v) is 4.34. The first-order valence-corrected chi connectivity index (χ1v) is 6.90. The molecule has 2 bridgehead atoms. The lowest BCUT2D eigenvalue weighted by molar-refractivity contribution is -0.150. The first-order chi connectivity index (χ1) is 9.15. The van der Waals surface area contributed by atoms with Gasteiger partial charge in [-0.2, -0.15) is 0 Å². The van der Waals surface area contributed by atoms with Crippen LogP contribution in [0.25, 0.3) is 0 Å². The molecule has 3 heterocycles. The van der Waals surface area contributed by atoms with Crippen molar-refractivity contribution in [2.45, 2.75) is 43.9 Å². The van der Waals surface area contributed by atoms with E-state index in [0.29, 0.717) is 19.8 Å². The predicted molar refractivity (Wildman–Crippen MR) is 64.6 cm³/mol. The van der Waals surface area contributed by atoms with Crippen molar-refractivity contribution in [2.75, 3.05) is 19.8 Å². The Morgan fingerprint density at radius 3 is 2.79 bits per heavy atom. The Bertz CT molecular complexity index is 385. The quantitative estimate of drug-likeness (QED) is 0.795. The fourth-order valence-corrected chi connectivity index (χ4v) is 3.43. The molecule has 4 atom stereocenters. The van der Waals surface area contributed by atoms with E-state index in [4.69, 9.17) is 14.6 Å². The second-order valence-corrected chi connectivity index (χ2v) is 5.57. The number of carbonyl (C=O) groups is 2. The number of ether oxygens (including phenoxy) is 2. The van der Waals surface area contributed by atoms with E-state index in [1.54, 1.807) is 4.90 Å². The van der Waals surface area contributed by atoms with Crippen LogP contribution in [0.1, 0.15) is 25.7 Å². The summed E-state index contributed by atoms with van der Waals surface area (Å²) in [7, 11) is 0. The van der Waals surface area contributed by atoms with Crippen LogP contribution in [0.3, 0.4) is 0 Å². The van der Waals surface area contributed by atoms with Crippen LogP contribution in [0.4, 0.5) is 0 Å². The topological polar surface area (TPSA) is 76.1 Å². The van der Waals surface area contributed by atoms with Crippen molar-refractivity contribution in [1.29, 1.82) is 0 Å². The zero-order valence-electron chi connectivity index (χ0n) is 10.8. The Labute approximate surface area is 111 Å². The number of morpholine rings is 1. The van der Waals surface area contributed by atoms with Crippen LogP contribution in [0.2, 0.25) is 0 Å². The van der Waals surface area contributed by atoms with Crippen molar-refractivity contribution < 1.29 is 24.2 Å². The first-order valence-electron chi connectivity index (χ1n) is 6.90. The zero-order valence-corrected chi connectivity index (χ0v) is 10.8. The molecule has 19 heavy (non-hydrogen) atoms. The van der Waals surface area contributed by atoms with Gasteiger partial charge in [-0.15, -0.1) is 0 Å². The SMILES string of the molecule is O=C(O)C[C@@H]1COCCN1C(=O)[C@@H]1C[C@H]2CC[C@H]1O2. The summed E-state index contributed by atoms with van der Waals surface area (Å²) in [5, 5.41) is 8.92. The highest BCUT2D eigenvalue weighted by Crippen LogP contribution is 2.40. The van der Waals surface area contributed by atoms with Crippen LogP contribution >= 0.6 is 0 Å². The van der Waals surface area contributed by atoms with E-state index >= 15 is 0 Å². The summed E-state index contributed by atoms with van der Waals surface area (Å²) in [6, 6.07) is -0.335. The van der Waals surface area contributed by atoms with Crippen LogP contribution < -0.4 is 0 Å². The number of aliphatic carboxylic acids is 1. The highest BCUT2D eigenvalue weighted by Gasteiger charge is 2.47. The van der Waals surface area contributed by atoms with Crippen molar-refractivity contribution in [2.24, 2.45) is 5.92 Å². The number of hydrogen-bond donors (Lipinski definition) is 1. The predicted octanol–water partition coefficient (Wildman–Crippen LogP) is 0.256. The summed E-state index contributed by atoms with van der Waals surface area (Å²) in [5.74, 6) is -0.910. The van der Waals surface area contributed by atoms with Crippen molar-refractivity contribution in [3.8, 4) is 0 Å². The third kappa shape index (κ3) is 2.47. The highest BCUT2D eigenvalue weighted by atomic mass is 16.5. The van der Waals surface area contributed by atoms with Gasteiger partial charge >= 0.3 is 5.97 Å². The minimum atomic E-state index is -0.891. The average Bonchev–Trinajstić information content (AvgIpc) is 3.00. The molecule has 3 aliphatic heterocycles. The van der Waals surface area contributed by atoms with E-state index in [-0.39, 0.29) is 36.5 Å². The van der Waals surface area contributed by atoms with Gasteiger partial charge in [-0.3, -0.25) is 9.59 Å². The van der Waals surface area contributed by atoms with Crippen LogP contribution in [0, 0.1) is 5.92 Å². The van der Waals surface area contributed by atoms with E-state index in [9.17, 15) is 9.59 Å². The maximum absolute atomic E-state index is 12.6. The van der Waals surface area contributed by atoms with Gasteiger partial charge in [0.05, 0.1) is 43.8 Å². The summed E-state index contributed by atoms with van der Waals surface area (Å²) in [6.45, 7) is 1.30. The lowest BCUT2D eigenvalue weighted by Gasteiger charge is -2.37. The Morgan fingerprint density at radius 1 is 1.32 bits per heavy atom. The number of rotatable bonds is 3. The molecule has 6 nitrogen and oxygen atoms in total. The molecule has 3 aliphatic rings. The second-order valence-electron chi connectivity index (χ2n) is 5.57.